The van der Waals surface area contributed by atoms with Crippen molar-refractivity contribution >= 4 is 23.4 Å². The van der Waals surface area contributed by atoms with E-state index in [4.69, 9.17) is 0 Å². The van der Waals surface area contributed by atoms with E-state index in [9.17, 15) is 9.90 Å². The predicted octanol–water partition coefficient (Wildman–Crippen LogP) is 2.48. The van der Waals surface area contributed by atoms with Crippen LogP contribution in [0.4, 0.5) is 5.69 Å². The van der Waals surface area contributed by atoms with Crippen molar-refractivity contribution in [1.29, 1.82) is 0 Å². The van der Waals surface area contributed by atoms with E-state index in [0.717, 1.165) is 17.0 Å². The number of amides is 1. The van der Waals surface area contributed by atoms with Crippen LogP contribution < -0.4 is 10.2 Å². The number of rotatable bonds is 4. The minimum Gasteiger partial charge on any atom is -0.508 e. The van der Waals surface area contributed by atoms with E-state index in [1.165, 1.54) is 0 Å². The smallest absolute Gasteiger partial charge is 0.251 e. The molecule has 5 nitrogen and oxygen atoms in total. The maximum atomic E-state index is 12.0. The molecule has 2 N–H and O–H groups in total. The maximum Gasteiger partial charge on any atom is 0.251 e. The third kappa shape index (κ3) is 3.01. The van der Waals surface area contributed by atoms with Gasteiger partial charge in [0.1, 0.15) is 5.75 Å². The van der Waals surface area contributed by atoms with Crippen molar-refractivity contribution in [3.8, 4) is 5.75 Å². The minimum absolute atomic E-state index is 0.0804. The van der Waals surface area contributed by atoms with Crippen LogP contribution in [0, 0.1) is 0 Å². The fourth-order valence-corrected chi connectivity index (χ4v) is 3.76. The molecule has 0 fully saturated rings. The van der Waals surface area contributed by atoms with Gasteiger partial charge >= 0.3 is 0 Å². The molecule has 0 saturated heterocycles. The average Bonchev–Trinajstić information content (AvgIpc) is 2.83. The molecule has 1 aromatic carbocycles. The number of hydrogen-bond donors (Lipinski definition) is 2. The number of nitrogens with zero attached hydrogens (tertiary/aromatic N) is 2. The van der Waals surface area contributed by atoms with E-state index in [1.807, 2.05) is 13.1 Å². The number of aromatic nitrogens is 1. The molecule has 1 aliphatic rings. The highest BCUT2D eigenvalue weighted by Gasteiger charge is 2.27. The molecule has 0 bridgehead atoms. The molecule has 1 unspecified atom stereocenters. The number of hydrogen-bond acceptors (Lipinski definition) is 5. The Kier molecular flexibility index (Phi) is 4.20. The number of carbonyl (C=O) groups is 1. The number of nitrogens with one attached hydrogen (secondary N) is 1. The van der Waals surface area contributed by atoms with Gasteiger partial charge < -0.3 is 15.3 Å². The Labute approximate surface area is 133 Å². The second-order valence-corrected chi connectivity index (χ2v) is 6.34. The quantitative estimate of drug-likeness (QED) is 0.907. The van der Waals surface area contributed by atoms with Crippen LogP contribution in [-0.2, 0) is 0 Å². The summed E-state index contributed by atoms with van der Waals surface area (Å²) in [6, 6.07) is 8.80. The molecule has 114 valence electrons. The highest BCUT2D eigenvalue weighted by molar-refractivity contribution is 8.00. The van der Waals surface area contributed by atoms with E-state index in [0.29, 0.717) is 12.1 Å². The van der Waals surface area contributed by atoms with Crippen LogP contribution in [0.3, 0.4) is 0 Å². The monoisotopic (exact) mass is 315 g/mol. The number of thioether (sulfide) groups is 1. The van der Waals surface area contributed by atoms with Crippen LogP contribution in [0.5, 0.6) is 5.75 Å². The molecule has 1 aliphatic heterocycles. The molecule has 1 amide bonds. The van der Waals surface area contributed by atoms with Crippen molar-refractivity contribution in [3.05, 3.63) is 48.3 Å². The van der Waals surface area contributed by atoms with E-state index in [-0.39, 0.29) is 17.0 Å². The number of anilines is 1. The van der Waals surface area contributed by atoms with E-state index in [1.54, 1.807) is 48.4 Å². The van der Waals surface area contributed by atoms with Gasteiger partial charge in [-0.15, -0.1) is 0 Å². The largest absolute Gasteiger partial charge is 0.508 e. The number of phenolic OH excluding ortho intramolecular Hbond substituents is 1. The van der Waals surface area contributed by atoms with Crippen LogP contribution >= 0.6 is 11.8 Å². The molecule has 22 heavy (non-hydrogen) atoms. The Morgan fingerprint density at radius 1 is 1.36 bits per heavy atom. The zero-order valence-electron chi connectivity index (χ0n) is 12.2. The zero-order chi connectivity index (χ0) is 15.5. The highest BCUT2D eigenvalue weighted by Crippen LogP contribution is 2.44. The van der Waals surface area contributed by atoms with E-state index < -0.39 is 0 Å². The first-order chi connectivity index (χ1) is 10.6. The molecular weight excluding hydrogens is 298 g/mol. The average molecular weight is 315 g/mol. The number of pyridine rings is 1. The SMILES string of the molecule is CN1c2ccc(O)cc2SC1CCNC(=O)c1ccncc1. The van der Waals surface area contributed by atoms with Crippen LogP contribution in [0.15, 0.2) is 47.6 Å². The molecule has 2 aromatic rings. The fraction of sp³-hybridized carbons (Fsp3) is 0.250. The molecule has 6 heteroatoms. The lowest BCUT2D eigenvalue weighted by Gasteiger charge is -2.21. The number of phenols is 1. The lowest BCUT2D eigenvalue weighted by atomic mass is 10.2. The summed E-state index contributed by atoms with van der Waals surface area (Å²) in [4.78, 5) is 19.1. The van der Waals surface area contributed by atoms with Crippen molar-refractivity contribution in [1.82, 2.24) is 10.3 Å². The molecule has 0 aliphatic carbocycles. The first-order valence-corrected chi connectivity index (χ1v) is 7.94. The Morgan fingerprint density at radius 3 is 2.91 bits per heavy atom. The van der Waals surface area contributed by atoms with E-state index >= 15 is 0 Å². The number of fused-ring (bicyclic) bond motifs is 1. The summed E-state index contributed by atoms with van der Waals surface area (Å²) in [5.74, 6) is 0.203. The first-order valence-electron chi connectivity index (χ1n) is 7.06. The van der Waals surface area contributed by atoms with Crippen LogP contribution in [0.1, 0.15) is 16.8 Å². The molecular formula is C16H17N3O2S. The van der Waals surface area contributed by atoms with E-state index in [2.05, 4.69) is 15.2 Å². The van der Waals surface area contributed by atoms with Gasteiger partial charge in [-0.3, -0.25) is 9.78 Å². The standard InChI is InChI=1S/C16H17N3O2S/c1-19-13-3-2-12(20)10-14(13)22-15(19)6-9-18-16(21)11-4-7-17-8-5-11/h2-5,7-8,10,15,20H,6,9H2,1H3,(H,18,21). The van der Waals surface area contributed by atoms with Gasteiger partial charge in [0.05, 0.1) is 11.1 Å². The molecule has 0 radical (unpaired) electrons. The molecule has 0 saturated carbocycles. The Bertz CT molecular complexity index is 678. The summed E-state index contributed by atoms with van der Waals surface area (Å²) in [6.07, 6.45) is 4.05. The first kappa shape index (κ1) is 14.7. The highest BCUT2D eigenvalue weighted by atomic mass is 32.2. The van der Waals surface area contributed by atoms with Gasteiger partial charge in [0.25, 0.3) is 5.91 Å². The molecule has 0 spiro atoms. The van der Waals surface area contributed by atoms with Gasteiger partial charge in [-0.1, -0.05) is 11.8 Å². The molecule has 1 aromatic heterocycles. The molecule has 2 heterocycles. The summed E-state index contributed by atoms with van der Waals surface area (Å²) in [5.41, 5.74) is 1.74. The lowest BCUT2D eigenvalue weighted by Crippen LogP contribution is -2.31. The Balaban J connectivity index is 1.54. The Morgan fingerprint density at radius 2 is 2.14 bits per heavy atom. The second kappa shape index (κ2) is 6.27. The summed E-state index contributed by atoms with van der Waals surface area (Å²) in [5, 5.41) is 12.7. The fourth-order valence-electron chi connectivity index (χ4n) is 2.44. The third-order valence-electron chi connectivity index (χ3n) is 3.64. The number of carbonyl (C=O) groups excluding carboxylic acids is 1. The van der Waals surface area contributed by atoms with Gasteiger partial charge in [0, 0.05) is 36.4 Å². The summed E-state index contributed by atoms with van der Waals surface area (Å²) in [7, 11) is 2.03. The molecule has 1 atom stereocenters. The van der Waals surface area contributed by atoms with Gasteiger partial charge in [-0.2, -0.15) is 0 Å². The Hall–Kier alpha value is -2.21. The van der Waals surface area contributed by atoms with Crippen LogP contribution in [-0.4, -0.2) is 35.0 Å². The van der Waals surface area contributed by atoms with Crippen molar-refractivity contribution in [2.24, 2.45) is 0 Å². The summed E-state index contributed by atoms with van der Waals surface area (Å²) in [6.45, 7) is 0.600. The van der Waals surface area contributed by atoms with Crippen molar-refractivity contribution < 1.29 is 9.90 Å². The summed E-state index contributed by atoms with van der Waals surface area (Å²) >= 11 is 1.71. The number of benzene rings is 1. The maximum absolute atomic E-state index is 12.0. The predicted molar refractivity (Wildman–Crippen MR) is 87.3 cm³/mol. The van der Waals surface area contributed by atoms with Gasteiger partial charge in [0.15, 0.2) is 0 Å². The minimum atomic E-state index is -0.0804. The third-order valence-corrected chi connectivity index (χ3v) is 5.04. The van der Waals surface area contributed by atoms with Gasteiger partial charge in [-0.25, -0.2) is 0 Å². The topological polar surface area (TPSA) is 65.5 Å². The lowest BCUT2D eigenvalue weighted by molar-refractivity contribution is 0.0953. The molecule has 3 rings (SSSR count). The van der Waals surface area contributed by atoms with Crippen LogP contribution in [0.2, 0.25) is 0 Å². The second-order valence-electron chi connectivity index (χ2n) is 5.12. The number of aromatic hydroxyl groups is 1. The normalized spacial score (nSPS) is 16.4. The van der Waals surface area contributed by atoms with Gasteiger partial charge in [-0.05, 0) is 36.8 Å². The zero-order valence-corrected chi connectivity index (χ0v) is 13.0. The van der Waals surface area contributed by atoms with Gasteiger partial charge in [0.2, 0.25) is 0 Å². The van der Waals surface area contributed by atoms with Crippen molar-refractivity contribution in [2.75, 3.05) is 18.5 Å². The van der Waals surface area contributed by atoms with Crippen molar-refractivity contribution in [2.45, 2.75) is 16.7 Å². The van der Waals surface area contributed by atoms with Crippen molar-refractivity contribution in [3.63, 3.8) is 0 Å². The summed E-state index contributed by atoms with van der Waals surface area (Å²) < 4.78 is 0. The van der Waals surface area contributed by atoms with Crippen LogP contribution in [0.25, 0.3) is 0 Å².